The molecule has 3 aromatic rings. The number of hydrogen-bond acceptors (Lipinski definition) is 3. The highest BCUT2D eigenvalue weighted by Gasteiger charge is 2.06. The third-order valence-electron chi connectivity index (χ3n) is 3.31. The van der Waals surface area contributed by atoms with Crippen LogP contribution in [-0.2, 0) is 0 Å². The first kappa shape index (κ1) is 13.2. The van der Waals surface area contributed by atoms with E-state index in [0.717, 1.165) is 22.4 Å². The summed E-state index contributed by atoms with van der Waals surface area (Å²) in [6.45, 7) is 0. The summed E-state index contributed by atoms with van der Waals surface area (Å²) in [5, 5.41) is 0. The average molecular weight is 278 g/mol. The van der Waals surface area contributed by atoms with Crippen LogP contribution in [0.4, 0.5) is 0 Å². The van der Waals surface area contributed by atoms with E-state index in [1.807, 2.05) is 48.5 Å². The van der Waals surface area contributed by atoms with Gasteiger partial charge in [0.2, 0.25) is 0 Å². The van der Waals surface area contributed by atoms with Gasteiger partial charge in [-0.15, -0.1) is 0 Å². The Hall–Kier alpha value is -2.81. The van der Waals surface area contributed by atoms with E-state index >= 15 is 0 Å². The quantitative estimate of drug-likeness (QED) is 0.662. The minimum absolute atomic E-state index is 0.333. The van der Waals surface area contributed by atoms with E-state index in [0.29, 0.717) is 17.8 Å². The molecule has 0 saturated carbocycles. The van der Waals surface area contributed by atoms with Gasteiger partial charge in [0, 0.05) is 5.56 Å². The van der Waals surface area contributed by atoms with E-state index in [4.69, 9.17) is 9.15 Å². The third kappa shape index (κ3) is 2.72. The molecule has 0 atom stereocenters. The molecule has 1 heterocycles. The van der Waals surface area contributed by atoms with Gasteiger partial charge in [-0.1, -0.05) is 30.3 Å². The molecule has 0 aliphatic heterocycles. The van der Waals surface area contributed by atoms with Crippen molar-refractivity contribution in [1.82, 2.24) is 0 Å². The molecule has 3 rings (SSSR count). The molecule has 104 valence electrons. The first-order chi connectivity index (χ1) is 10.3. The molecule has 0 unspecified atom stereocenters. The average Bonchev–Trinajstić information content (AvgIpc) is 3.04. The van der Waals surface area contributed by atoms with Crippen LogP contribution in [0.3, 0.4) is 0 Å². The lowest BCUT2D eigenvalue weighted by atomic mass is 10.0. The Balaban J connectivity index is 1.96. The lowest BCUT2D eigenvalue weighted by Gasteiger charge is -2.05. The Morgan fingerprint density at radius 1 is 0.905 bits per heavy atom. The number of benzene rings is 2. The van der Waals surface area contributed by atoms with E-state index in [9.17, 15) is 4.79 Å². The lowest BCUT2D eigenvalue weighted by Crippen LogP contribution is -1.83. The van der Waals surface area contributed by atoms with Gasteiger partial charge in [0.15, 0.2) is 12.0 Å². The van der Waals surface area contributed by atoms with Crippen LogP contribution in [0.25, 0.3) is 22.5 Å². The van der Waals surface area contributed by atoms with Crippen molar-refractivity contribution in [2.24, 2.45) is 0 Å². The van der Waals surface area contributed by atoms with Crippen molar-refractivity contribution in [3.8, 4) is 28.2 Å². The number of methoxy groups -OCH3 is 1. The van der Waals surface area contributed by atoms with Crippen molar-refractivity contribution in [3.63, 3.8) is 0 Å². The van der Waals surface area contributed by atoms with Crippen LogP contribution in [0.15, 0.2) is 65.1 Å². The smallest absolute Gasteiger partial charge is 0.185 e. The van der Waals surface area contributed by atoms with Crippen molar-refractivity contribution >= 4 is 6.29 Å². The Kier molecular flexibility index (Phi) is 3.56. The van der Waals surface area contributed by atoms with Crippen molar-refractivity contribution in [3.05, 3.63) is 66.4 Å². The number of furan rings is 1. The molecule has 3 nitrogen and oxygen atoms in total. The summed E-state index contributed by atoms with van der Waals surface area (Å²) >= 11 is 0. The van der Waals surface area contributed by atoms with E-state index in [1.54, 1.807) is 19.2 Å². The normalized spacial score (nSPS) is 10.3. The highest BCUT2D eigenvalue weighted by atomic mass is 16.5. The first-order valence-corrected chi connectivity index (χ1v) is 6.60. The van der Waals surface area contributed by atoms with Gasteiger partial charge < -0.3 is 9.15 Å². The Labute approximate surface area is 122 Å². The molecule has 0 N–H and O–H groups in total. The third-order valence-corrected chi connectivity index (χ3v) is 3.31. The van der Waals surface area contributed by atoms with Crippen LogP contribution in [0.5, 0.6) is 5.75 Å². The second-order valence-electron chi connectivity index (χ2n) is 4.63. The molecule has 0 saturated heterocycles. The molecule has 0 fully saturated rings. The maximum atomic E-state index is 10.7. The first-order valence-electron chi connectivity index (χ1n) is 6.60. The number of aldehydes is 1. The fourth-order valence-corrected chi connectivity index (χ4v) is 2.21. The predicted molar refractivity (Wildman–Crippen MR) is 81.5 cm³/mol. The van der Waals surface area contributed by atoms with E-state index in [-0.39, 0.29) is 0 Å². The molecule has 2 aromatic carbocycles. The molecule has 3 heteroatoms. The van der Waals surface area contributed by atoms with E-state index in [1.165, 1.54) is 0 Å². The van der Waals surface area contributed by atoms with Gasteiger partial charge in [0.25, 0.3) is 0 Å². The van der Waals surface area contributed by atoms with Gasteiger partial charge in [-0.2, -0.15) is 0 Å². The van der Waals surface area contributed by atoms with Gasteiger partial charge in [0.1, 0.15) is 11.5 Å². The fraction of sp³-hybridized carbons (Fsp3) is 0.0556. The summed E-state index contributed by atoms with van der Waals surface area (Å²) < 4.78 is 10.6. The Morgan fingerprint density at radius 2 is 1.67 bits per heavy atom. The van der Waals surface area contributed by atoms with Crippen molar-refractivity contribution < 1.29 is 13.9 Å². The highest BCUT2D eigenvalue weighted by molar-refractivity contribution is 5.75. The summed E-state index contributed by atoms with van der Waals surface area (Å²) in [6.07, 6.45) is 0.705. The minimum Gasteiger partial charge on any atom is -0.497 e. The second kappa shape index (κ2) is 5.67. The molecule has 0 aliphatic rings. The molecular weight excluding hydrogens is 264 g/mol. The molecular formula is C18H14O3. The summed E-state index contributed by atoms with van der Waals surface area (Å²) in [4.78, 5) is 10.7. The topological polar surface area (TPSA) is 39.4 Å². The van der Waals surface area contributed by atoms with Gasteiger partial charge in [-0.3, -0.25) is 4.79 Å². The van der Waals surface area contributed by atoms with Gasteiger partial charge >= 0.3 is 0 Å². The molecule has 1 aromatic heterocycles. The molecule has 0 spiro atoms. The number of rotatable bonds is 4. The number of carbonyl (C=O) groups is 1. The number of ether oxygens (including phenoxy) is 1. The van der Waals surface area contributed by atoms with Crippen LogP contribution in [-0.4, -0.2) is 13.4 Å². The SMILES string of the molecule is COc1ccc(-c2cccc(-c3ccc(C=O)o3)c2)cc1. The maximum Gasteiger partial charge on any atom is 0.185 e. The summed E-state index contributed by atoms with van der Waals surface area (Å²) in [5.74, 6) is 1.85. The van der Waals surface area contributed by atoms with Gasteiger partial charge in [0.05, 0.1) is 7.11 Å². The van der Waals surface area contributed by atoms with Crippen molar-refractivity contribution in [2.45, 2.75) is 0 Å². The van der Waals surface area contributed by atoms with Crippen LogP contribution in [0.2, 0.25) is 0 Å². The van der Waals surface area contributed by atoms with E-state index in [2.05, 4.69) is 0 Å². The monoisotopic (exact) mass is 278 g/mol. The largest absolute Gasteiger partial charge is 0.497 e. The molecule has 0 radical (unpaired) electrons. The Bertz CT molecular complexity index is 754. The minimum atomic E-state index is 0.333. The predicted octanol–water partition coefficient (Wildman–Crippen LogP) is 4.43. The zero-order chi connectivity index (χ0) is 14.7. The zero-order valence-corrected chi connectivity index (χ0v) is 11.6. The fourth-order valence-electron chi connectivity index (χ4n) is 2.21. The zero-order valence-electron chi connectivity index (χ0n) is 11.6. The second-order valence-corrected chi connectivity index (χ2v) is 4.63. The maximum absolute atomic E-state index is 10.7. The van der Waals surface area contributed by atoms with E-state index < -0.39 is 0 Å². The van der Waals surface area contributed by atoms with Crippen molar-refractivity contribution in [2.75, 3.05) is 7.11 Å². The molecule has 21 heavy (non-hydrogen) atoms. The van der Waals surface area contributed by atoms with Crippen LogP contribution in [0.1, 0.15) is 10.6 Å². The van der Waals surface area contributed by atoms with Crippen LogP contribution >= 0.6 is 0 Å². The standard InChI is InChI=1S/C18H14O3/c1-20-16-7-5-13(6-8-16)14-3-2-4-15(11-14)18-10-9-17(12-19)21-18/h2-12H,1H3. The van der Waals surface area contributed by atoms with Gasteiger partial charge in [-0.05, 0) is 41.5 Å². The Morgan fingerprint density at radius 3 is 2.33 bits per heavy atom. The lowest BCUT2D eigenvalue weighted by molar-refractivity contribution is 0.110. The van der Waals surface area contributed by atoms with Crippen LogP contribution < -0.4 is 4.74 Å². The van der Waals surface area contributed by atoms with Crippen LogP contribution in [0, 0.1) is 0 Å². The number of carbonyl (C=O) groups excluding carboxylic acids is 1. The highest BCUT2D eigenvalue weighted by Crippen LogP contribution is 2.28. The molecule has 0 amide bonds. The summed E-state index contributed by atoms with van der Waals surface area (Å²) in [6, 6.07) is 19.4. The summed E-state index contributed by atoms with van der Waals surface area (Å²) in [7, 11) is 1.65. The summed E-state index contributed by atoms with van der Waals surface area (Å²) in [5.41, 5.74) is 3.12. The molecule has 0 aliphatic carbocycles. The number of hydrogen-bond donors (Lipinski definition) is 0. The van der Waals surface area contributed by atoms with Crippen molar-refractivity contribution in [1.29, 1.82) is 0 Å². The van der Waals surface area contributed by atoms with Gasteiger partial charge in [-0.25, -0.2) is 0 Å². The molecule has 0 bridgehead atoms.